The van der Waals surface area contributed by atoms with E-state index in [-0.39, 0.29) is 12.1 Å². The van der Waals surface area contributed by atoms with E-state index in [1.165, 1.54) is 5.56 Å². The van der Waals surface area contributed by atoms with Crippen molar-refractivity contribution in [2.75, 3.05) is 0 Å². The Labute approximate surface area is 78.4 Å². The standard InChI is InChI=1S/C11H15NO/c12-11-9-6-2-1-4-8(9)5-3-7-10(11)13/h1-2,4,6,10-11,13H,3,5,7,12H2. The topological polar surface area (TPSA) is 46.2 Å². The molecule has 0 bridgehead atoms. The molecule has 2 heteroatoms. The molecule has 1 aromatic rings. The van der Waals surface area contributed by atoms with Gasteiger partial charge in [0, 0.05) is 0 Å². The Bertz CT molecular complexity index is 298. The largest absolute Gasteiger partial charge is 0.391 e. The van der Waals surface area contributed by atoms with Crippen LogP contribution in [0.4, 0.5) is 0 Å². The van der Waals surface area contributed by atoms with E-state index >= 15 is 0 Å². The van der Waals surface area contributed by atoms with Gasteiger partial charge in [-0.05, 0) is 30.4 Å². The molecule has 2 nitrogen and oxygen atoms in total. The lowest BCUT2D eigenvalue weighted by Crippen LogP contribution is -2.25. The Hall–Kier alpha value is -0.860. The van der Waals surface area contributed by atoms with Gasteiger partial charge in [-0.15, -0.1) is 0 Å². The zero-order chi connectivity index (χ0) is 9.26. The molecule has 0 fully saturated rings. The molecule has 1 aromatic carbocycles. The molecule has 0 aliphatic heterocycles. The smallest absolute Gasteiger partial charge is 0.0733 e. The lowest BCUT2D eigenvalue weighted by molar-refractivity contribution is 0.136. The summed E-state index contributed by atoms with van der Waals surface area (Å²) in [4.78, 5) is 0. The normalized spacial score (nSPS) is 27.8. The van der Waals surface area contributed by atoms with E-state index in [4.69, 9.17) is 5.73 Å². The van der Waals surface area contributed by atoms with Crippen LogP contribution < -0.4 is 5.73 Å². The van der Waals surface area contributed by atoms with Gasteiger partial charge in [0.15, 0.2) is 0 Å². The van der Waals surface area contributed by atoms with Gasteiger partial charge in [-0.2, -0.15) is 0 Å². The molecule has 0 radical (unpaired) electrons. The summed E-state index contributed by atoms with van der Waals surface area (Å²) in [6.45, 7) is 0. The van der Waals surface area contributed by atoms with Crippen molar-refractivity contribution in [2.24, 2.45) is 5.73 Å². The van der Waals surface area contributed by atoms with Crippen LogP contribution in [0.5, 0.6) is 0 Å². The number of aliphatic hydroxyl groups is 1. The van der Waals surface area contributed by atoms with Crippen LogP contribution in [-0.4, -0.2) is 11.2 Å². The van der Waals surface area contributed by atoms with Crippen LogP contribution in [0.2, 0.25) is 0 Å². The van der Waals surface area contributed by atoms with E-state index in [1.807, 2.05) is 18.2 Å². The molecule has 1 aliphatic rings. The molecule has 0 spiro atoms. The molecule has 2 unspecified atom stereocenters. The first-order valence-corrected chi connectivity index (χ1v) is 4.80. The summed E-state index contributed by atoms with van der Waals surface area (Å²) < 4.78 is 0. The van der Waals surface area contributed by atoms with Gasteiger partial charge in [0.1, 0.15) is 0 Å². The second-order valence-electron chi connectivity index (χ2n) is 3.68. The third-order valence-electron chi connectivity index (χ3n) is 2.77. The Morgan fingerprint density at radius 1 is 1.31 bits per heavy atom. The SMILES string of the molecule is NC1c2ccccc2CCCC1O. The second kappa shape index (κ2) is 3.48. The highest BCUT2D eigenvalue weighted by atomic mass is 16.3. The Balaban J connectivity index is 2.40. The van der Waals surface area contributed by atoms with Crippen molar-refractivity contribution in [3.8, 4) is 0 Å². The second-order valence-corrected chi connectivity index (χ2v) is 3.68. The Morgan fingerprint density at radius 2 is 2.08 bits per heavy atom. The number of aliphatic hydroxyl groups excluding tert-OH is 1. The lowest BCUT2D eigenvalue weighted by atomic mass is 9.99. The molecular weight excluding hydrogens is 162 g/mol. The first-order chi connectivity index (χ1) is 6.29. The molecule has 70 valence electrons. The minimum Gasteiger partial charge on any atom is -0.391 e. The average Bonchev–Trinajstić information content (AvgIpc) is 2.29. The van der Waals surface area contributed by atoms with E-state index in [1.54, 1.807) is 0 Å². The van der Waals surface area contributed by atoms with E-state index in [0.717, 1.165) is 24.8 Å². The minimum atomic E-state index is -0.372. The molecule has 0 saturated carbocycles. The predicted octanol–water partition coefficient (Wildman–Crippen LogP) is 1.38. The summed E-state index contributed by atoms with van der Waals surface area (Å²) in [5.41, 5.74) is 8.36. The highest BCUT2D eigenvalue weighted by molar-refractivity contribution is 5.31. The van der Waals surface area contributed by atoms with Crippen LogP contribution >= 0.6 is 0 Å². The fourth-order valence-corrected chi connectivity index (χ4v) is 1.98. The van der Waals surface area contributed by atoms with Crippen LogP contribution in [0.1, 0.15) is 30.0 Å². The first-order valence-electron chi connectivity index (χ1n) is 4.80. The molecule has 1 aliphatic carbocycles. The third kappa shape index (κ3) is 1.60. The fraction of sp³-hybridized carbons (Fsp3) is 0.455. The van der Waals surface area contributed by atoms with Crippen LogP contribution in [-0.2, 0) is 6.42 Å². The maximum atomic E-state index is 9.68. The highest BCUT2D eigenvalue weighted by Crippen LogP contribution is 2.26. The number of aryl methyl sites for hydroxylation is 1. The predicted molar refractivity (Wildman–Crippen MR) is 52.3 cm³/mol. The van der Waals surface area contributed by atoms with Crippen LogP contribution in [0.3, 0.4) is 0 Å². The van der Waals surface area contributed by atoms with E-state index in [2.05, 4.69) is 6.07 Å². The molecule has 2 rings (SSSR count). The third-order valence-corrected chi connectivity index (χ3v) is 2.77. The summed E-state index contributed by atoms with van der Waals surface area (Å²) in [7, 11) is 0. The van der Waals surface area contributed by atoms with Crippen molar-refractivity contribution in [1.82, 2.24) is 0 Å². The van der Waals surface area contributed by atoms with Crippen molar-refractivity contribution in [2.45, 2.75) is 31.4 Å². The summed E-state index contributed by atoms with van der Waals surface area (Å²) in [5, 5.41) is 9.68. The first kappa shape index (κ1) is 8.73. The fourth-order valence-electron chi connectivity index (χ4n) is 1.98. The summed E-state index contributed by atoms with van der Waals surface area (Å²) >= 11 is 0. The molecule has 13 heavy (non-hydrogen) atoms. The quantitative estimate of drug-likeness (QED) is 0.588. The molecule has 3 N–H and O–H groups in total. The van der Waals surface area contributed by atoms with Crippen LogP contribution in [0, 0.1) is 0 Å². The zero-order valence-electron chi connectivity index (χ0n) is 7.61. The van der Waals surface area contributed by atoms with Crippen LogP contribution in [0.25, 0.3) is 0 Å². The number of fused-ring (bicyclic) bond motifs is 1. The summed E-state index contributed by atoms with van der Waals surface area (Å²) in [6.07, 6.45) is 2.52. The number of rotatable bonds is 0. The van der Waals surface area contributed by atoms with Gasteiger partial charge >= 0.3 is 0 Å². The Morgan fingerprint density at radius 3 is 2.92 bits per heavy atom. The monoisotopic (exact) mass is 177 g/mol. The molecular formula is C11H15NO. The Kier molecular flexibility index (Phi) is 2.34. The number of benzene rings is 1. The van der Waals surface area contributed by atoms with Crippen molar-refractivity contribution < 1.29 is 5.11 Å². The van der Waals surface area contributed by atoms with Crippen molar-refractivity contribution in [1.29, 1.82) is 0 Å². The molecule has 2 atom stereocenters. The minimum absolute atomic E-state index is 0.196. The molecule has 0 heterocycles. The molecule has 0 saturated heterocycles. The maximum Gasteiger partial charge on any atom is 0.0733 e. The lowest BCUT2D eigenvalue weighted by Gasteiger charge is -2.17. The van der Waals surface area contributed by atoms with Gasteiger partial charge in [0.05, 0.1) is 12.1 Å². The van der Waals surface area contributed by atoms with Crippen molar-refractivity contribution in [3.63, 3.8) is 0 Å². The van der Waals surface area contributed by atoms with Crippen molar-refractivity contribution in [3.05, 3.63) is 35.4 Å². The highest BCUT2D eigenvalue weighted by Gasteiger charge is 2.21. The molecule has 0 amide bonds. The van der Waals surface area contributed by atoms with Gasteiger partial charge in [-0.1, -0.05) is 24.3 Å². The van der Waals surface area contributed by atoms with Gasteiger partial charge in [0.2, 0.25) is 0 Å². The van der Waals surface area contributed by atoms with E-state index in [0.29, 0.717) is 0 Å². The number of hydrogen-bond acceptors (Lipinski definition) is 2. The van der Waals surface area contributed by atoms with Gasteiger partial charge in [-0.3, -0.25) is 0 Å². The summed E-state index contributed by atoms with van der Waals surface area (Å²) in [5.74, 6) is 0. The number of hydrogen-bond donors (Lipinski definition) is 2. The van der Waals surface area contributed by atoms with E-state index < -0.39 is 0 Å². The summed E-state index contributed by atoms with van der Waals surface area (Å²) in [6, 6.07) is 7.94. The number of nitrogens with two attached hydrogens (primary N) is 1. The van der Waals surface area contributed by atoms with Gasteiger partial charge < -0.3 is 10.8 Å². The van der Waals surface area contributed by atoms with E-state index in [9.17, 15) is 5.11 Å². The molecule has 0 aromatic heterocycles. The zero-order valence-corrected chi connectivity index (χ0v) is 7.61. The van der Waals surface area contributed by atoms with Crippen molar-refractivity contribution >= 4 is 0 Å². The van der Waals surface area contributed by atoms with Gasteiger partial charge in [0.25, 0.3) is 0 Å². The average molecular weight is 177 g/mol. The maximum absolute atomic E-state index is 9.68. The van der Waals surface area contributed by atoms with Crippen LogP contribution in [0.15, 0.2) is 24.3 Å². The van der Waals surface area contributed by atoms with Gasteiger partial charge in [-0.25, -0.2) is 0 Å².